The van der Waals surface area contributed by atoms with Crippen molar-refractivity contribution in [3.63, 3.8) is 0 Å². The summed E-state index contributed by atoms with van der Waals surface area (Å²) in [6.45, 7) is 17.1. The monoisotopic (exact) mass is 903 g/mol. The zero-order valence-electron chi connectivity index (χ0n) is 36.4. The summed E-state index contributed by atoms with van der Waals surface area (Å²) in [6.07, 6.45) is 4.37. The maximum atomic E-state index is 13.4. The second-order valence-corrected chi connectivity index (χ2v) is 16.4. The second kappa shape index (κ2) is 22.7. The lowest BCUT2D eigenvalue weighted by Gasteiger charge is -2.34. The number of nitrogens with zero attached hydrogens (tertiary/aromatic N) is 2. The molecule has 15 nitrogen and oxygen atoms in total. The fraction of sp³-hybridized carbons (Fsp3) is 0.245. The summed E-state index contributed by atoms with van der Waals surface area (Å²) in [5.41, 5.74) is 4.01. The van der Waals surface area contributed by atoms with E-state index in [0.29, 0.717) is 40.6 Å². The van der Waals surface area contributed by atoms with Crippen LogP contribution in [0.15, 0.2) is 134 Å². The maximum Gasteiger partial charge on any atom is 0.343 e. The molecule has 1 aromatic heterocycles. The minimum absolute atomic E-state index is 0.0497. The molecule has 0 aliphatic carbocycles. The van der Waals surface area contributed by atoms with Gasteiger partial charge in [0.25, 0.3) is 0 Å². The topological polar surface area (TPSA) is 187 Å². The molecule has 5 aromatic rings. The first-order valence-corrected chi connectivity index (χ1v) is 21.0. The van der Waals surface area contributed by atoms with Crippen LogP contribution in [0.2, 0.25) is 0 Å². The van der Waals surface area contributed by atoms with Crippen LogP contribution < -0.4 is 19.6 Å². The van der Waals surface area contributed by atoms with Gasteiger partial charge in [0.05, 0.1) is 34.2 Å². The lowest BCUT2D eigenvalue weighted by molar-refractivity contribution is -0.154. The van der Waals surface area contributed by atoms with Gasteiger partial charge in [-0.3, -0.25) is 5.43 Å². The van der Waals surface area contributed by atoms with Gasteiger partial charge in [0.2, 0.25) is 5.13 Å². The van der Waals surface area contributed by atoms with Gasteiger partial charge in [0, 0.05) is 36.6 Å². The lowest BCUT2D eigenvalue weighted by atomic mass is 9.92. The van der Waals surface area contributed by atoms with Crippen molar-refractivity contribution in [2.75, 3.05) is 25.2 Å². The minimum atomic E-state index is -0.936. The van der Waals surface area contributed by atoms with E-state index in [0.717, 1.165) is 34.0 Å². The van der Waals surface area contributed by atoms with Crippen LogP contribution in [-0.2, 0) is 39.8 Å². The highest BCUT2D eigenvalue weighted by Crippen LogP contribution is 2.30. The molecule has 0 aliphatic heterocycles. The average molecular weight is 904 g/mol. The van der Waals surface area contributed by atoms with Gasteiger partial charge in [-0.05, 0) is 106 Å². The van der Waals surface area contributed by atoms with Gasteiger partial charge in [-0.15, -0.1) is 0 Å². The predicted octanol–water partition coefficient (Wildman–Crippen LogP) is 8.62. The Morgan fingerprint density at radius 2 is 1.42 bits per heavy atom. The lowest BCUT2D eigenvalue weighted by Crippen LogP contribution is -2.40. The highest BCUT2D eigenvalue weighted by atomic mass is 32.1. The molecule has 65 heavy (non-hydrogen) atoms. The van der Waals surface area contributed by atoms with Crippen molar-refractivity contribution in [2.24, 2.45) is 5.10 Å². The van der Waals surface area contributed by atoms with Crippen molar-refractivity contribution in [2.45, 2.75) is 57.8 Å². The number of rotatable bonds is 23. The summed E-state index contributed by atoms with van der Waals surface area (Å²) in [7, 11) is 0. The summed E-state index contributed by atoms with van der Waals surface area (Å²) in [5, 5.41) is 4.94. The molecule has 0 saturated carbocycles. The van der Waals surface area contributed by atoms with Crippen LogP contribution in [0.1, 0.15) is 66.0 Å². The van der Waals surface area contributed by atoms with Gasteiger partial charge < -0.3 is 33.2 Å². The number of nitrogens with one attached hydrogen (secondary N) is 1. The molecular formula is C49H49N3O12S. The normalized spacial score (nSPS) is 11.8. The molecular weight excluding hydrogens is 855 g/mol. The Bertz CT molecular complexity index is 2510. The molecule has 0 saturated heterocycles. The number of carbonyl (C=O) groups is 5. The quantitative estimate of drug-likeness (QED) is 0.0164. The maximum absolute atomic E-state index is 13.4. The largest absolute Gasteiger partial charge is 0.490 e. The first-order valence-electron chi connectivity index (χ1n) is 20.2. The van der Waals surface area contributed by atoms with Crippen LogP contribution in [-0.4, -0.2) is 78.2 Å². The van der Waals surface area contributed by atoms with E-state index in [4.69, 9.17) is 33.2 Å². The smallest absolute Gasteiger partial charge is 0.343 e. The van der Waals surface area contributed by atoms with E-state index in [1.54, 1.807) is 56.3 Å². The number of esters is 5. The Hall–Kier alpha value is -7.59. The van der Waals surface area contributed by atoms with E-state index in [9.17, 15) is 24.0 Å². The number of benzene rings is 4. The number of aromatic nitrogens is 1. The first kappa shape index (κ1) is 48.4. The fourth-order valence-corrected chi connectivity index (χ4v) is 7.17. The number of carbonyl (C=O) groups excluding carboxylic acids is 5. The number of thiazole rings is 1. The number of fused-ring (bicyclic) bond motifs is 1. The summed E-state index contributed by atoms with van der Waals surface area (Å²) >= 11 is 1.43. The van der Waals surface area contributed by atoms with Gasteiger partial charge in [0.15, 0.2) is 6.10 Å². The number of hydrogen-bond acceptors (Lipinski definition) is 16. The van der Waals surface area contributed by atoms with Crippen molar-refractivity contribution < 1.29 is 57.1 Å². The van der Waals surface area contributed by atoms with Gasteiger partial charge >= 0.3 is 29.8 Å². The van der Waals surface area contributed by atoms with Crippen molar-refractivity contribution >= 4 is 62.7 Å². The van der Waals surface area contributed by atoms with E-state index in [1.165, 1.54) is 41.8 Å². The number of hydrogen-bond donors (Lipinski definition) is 1. The standard InChI is InChI=1S/C49H49N3O12S/c1-8-42(53)60-30-38(61-43(54)9-2)29-59-36-20-16-34(17-21-36)46(57)62-40-24-15-32(27-35(40)28-50-52-47-51-39-13-11-12-14-41(39)65-47)25-26-58-45(56)33-18-22-37(23-19-33)63-48(4,5)31-49(6,7)64-44(55)10-3/h8-24,27-28,38H,1-3,25-26,29-31H2,4-7H3,(H,51,52)/b50-28+. The molecule has 4 aromatic carbocycles. The SMILES string of the molecule is C=CC(=O)OCC(COc1ccc(C(=O)Oc2ccc(CCOC(=O)c3ccc(OC(C)(C)CC(C)(C)OC(=O)C=C)cc3)cc2/C=N/Nc2nc3ccccc3s2)cc1)OC(=O)C=C. The molecule has 1 heterocycles. The molecule has 0 aliphatic rings. The molecule has 16 heteroatoms. The first-order chi connectivity index (χ1) is 31.0. The average Bonchev–Trinajstić information content (AvgIpc) is 3.70. The number of para-hydroxylation sites is 1. The Kier molecular flexibility index (Phi) is 16.9. The van der Waals surface area contributed by atoms with Crippen molar-refractivity contribution in [1.29, 1.82) is 0 Å². The highest BCUT2D eigenvalue weighted by molar-refractivity contribution is 7.22. The Morgan fingerprint density at radius 1 is 0.754 bits per heavy atom. The number of hydrazone groups is 1. The van der Waals surface area contributed by atoms with Crippen molar-refractivity contribution in [3.05, 3.63) is 151 Å². The zero-order chi connectivity index (χ0) is 47.0. The van der Waals surface area contributed by atoms with E-state index >= 15 is 0 Å². The zero-order valence-corrected chi connectivity index (χ0v) is 37.2. The van der Waals surface area contributed by atoms with E-state index in [1.807, 2.05) is 38.1 Å². The summed E-state index contributed by atoms with van der Waals surface area (Å²) in [5.74, 6) is -2.06. The number of anilines is 1. The fourth-order valence-electron chi connectivity index (χ4n) is 6.36. The number of ether oxygens (including phenoxy) is 7. The molecule has 1 atom stereocenters. The Morgan fingerprint density at radius 3 is 2.09 bits per heavy atom. The molecule has 0 fully saturated rings. The van der Waals surface area contributed by atoms with Crippen LogP contribution in [0.3, 0.4) is 0 Å². The van der Waals surface area contributed by atoms with Crippen LogP contribution >= 0.6 is 11.3 Å². The summed E-state index contributed by atoms with van der Waals surface area (Å²) in [6, 6.07) is 25.5. The molecule has 5 rings (SSSR count). The molecule has 0 amide bonds. The third-order valence-electron chi connectivity index (χ3n) is 8.99. The minimum Gasteiger partial charge on any atom is -0.490 e. The third kappa shape index (κ3) is 15.3. The van der Waals surface area contributed by atoms with Gasteiger partial charge in [-0.25, -0.2) is 29.0 Å². The van der Waals surface area contributed by atoms with Crippen molar-refractivity contribution in [1.82, 2.24) is 4.98 Å². The molecule has 0 radical (unpaired) electrons. The Labute approximate surface area is 380 Å². The van der Waals surface area contributed by atoms with Crippen LogP contribution in [0.25, 0.3) is 10.2 Å². The Balaban J connectivity index is 1.22. The molecule has 1 N–H and O–H groups in total. The third-order valence-corrected chi connectivity index (χ3v) is 9.93. The van der Waals surface area contributed by atoms with Gasteiger partial charge in [-0.1, -0.05) is 49.3 Å². The van der Waals surface area contributed by atoms with E-state index in [-0.39, 0.29) is 31.1 Å². The van der Waals surface area contributed by atoms with Crippen molar-refractivity contribution in [3.8, 4) is 17.2 Å². The molecule has 1 unspecified atom stereocenters. The van der Waals surface area contributed by atoms with Gasteiger partial charge in [-0.2, -0.15) is 5.10 Å². The molecule has 0 spiro atoms. The molecule has 338 valence electrons. The summed E-state index contributed by atoms with van der Waals surface area (Å²) in [4.78, 5) is 66.0. The molecule has 0 bridgehead atoms. The van der Waals surface area contributed by atoms with E-state index < -0.39 is 47.2 Å². The summed E-state index contributed by atoms with van der Waals surface area (Å²) < 4.78 is 39.9. The van der Waals surface area contributed by atoms with Crippen LogP contribution in [0.4, 0.5) is 5.13 Å². The predicted molar refractivity (Wildman–Crippen MR) is 246 cm³/mol. The van der Waals surface area contributed by atoms with E-state index in [2.05, 4.69) is 35.2 Å². The second-order valence-electron chi connectivity index (χ2n) is 15.4. The highest BCUT2D eigenvalue weighted by Gasteiger charge is 2.33. The van der Waals surface area contributed by atoms with Gasteiger partial charge in [0.1, 0.15) is 41.7 Å². The van der Waals surface area contributed by atoms with Crippen LogP contribution in [0.5, 0.6) is 17.2 Å². The van der Waals surface area contributed by atoms with Crippen LogP contribution in [0, 0.1) is 0 Å².